The van der Waals surface area contributed by atoms with Crippen LogP contribution in [0.5, 0.6) is 0 Å². The van der Waals surface area contributed by atoms with Crippen LogP contribution in [0.15, 0.2) is 71.3 Å². The molecular weight excluding hydrogens is 491 g/mol. The lowest BCUT2D eigenvalue weighted by molar-refractivity contribution is -0.138. The number of cyclic esters (lactones) is 1. The van der Waals surface area contributed by atoms with Crippen molar-refractivity contribution in [2.45, 2.75) is 25.6 Å². The molecule has 9 nitrogen and oxygen atoms in total. The van der Waals surface area contributed by atoms with E-state index in [4.69, 9.17) is 9.15 Å². The zero-order chi connectivity index (χ0) is 26.6. The number of amides is 3. The van der Waals surface area contributed by atoms with Gasteiger partial charge in [-0.25, -0.2) is 9.18 Å². The van der Waals surface area contributed by atoms with Gasteiger partial charge in [-0.3, -0.25) is 14.5 Å². The number of hydrogen-bond acceptors (Lipinski definition) is 6. The highest BCUT2D eigenvalue weighted by Gasteiger charge is 2.48. The van der Waals surface area contributed by atoms with E-state index in [2.05, 4.69) is 17.1 Å². The van der Waals surface area contributed by atoms with Gasteiger partial charge >= 0.3 is 6.09 Å². The van der Waals surface area contributed by atoms with Gasteiger partial charge in [-0.05, 0) is 54.1 Å². The molecule has 0 saturated carbocycles. The minimum Gasteiger partial charge on any atom is -0.459 e. The summed E-state index contributed by atoms with van der Waals surface area (Å²) in [7, 11) is 0. The summed E-state index contributed by atoms with van der Waals surface area (Å²) in [6.45, 7) is 5.63. The zero-order valence-electron chi connectivity index (χ0n) is 21.0. The van der Waals surface area contributed by atoms with Gasteiger partial charge in [0.05, 0.1) is 12.8 Å². The topological polar surface area (TPSA) is 95.3 Å². The molecule has 3 amide bonds. The fourth-order valence-electron chi connectivity index (χ4n) is 4.85. The van der Waals surface area contributed by atoms with Crippen LogP contribution in [0.1, 0.15) is 34.7 Å². The minimum absolute atomic E-state index is 0.0374. The Kier molecular flexibility index (Phi) is 7.41. The molecule has 3 aromatic rings. The second kappa shape index (κ2) is 11.1. The number of hydrogen-bond donors (Lipinski definition) is 1. The molecule has 2 aromatic carbocycles. The molecule has 2 atom stereocenters. The molecule has 2 aliphatic heterocycles. The summed E-state index contributed by atoms with van der Waals surface area (Å²) in [5.74, 6) is -0.836. The lowest BCUT2D eigenvalue weighted by Gasteiger charge is -2.37. The van der Waals surface area contributed by atoms with Crippen LogP contribution in [0.4, 0.5) is 14.9 Å². The van der Waals surface area contributed by atoms with Gasteiger partial charge < -0.3 is 24.3 Å². The molecule has 1 aromatic heterocycles. The van der Waals surface area contributed by atoms with Gasteiger partial charge in [0.1, 0.15) is 5.82 Å². The number of anilines is 1. The SMILES string of the molecule is CCN1CCN(C(=O)C2C(c3ccc(NC(=O)c4ccco4)cc3)OC(=O)N2Cc2cccc(F)c2)CC1. The van der Waals surface area contributed by atoms with Crippen LogP contribution in [-0.4, -0.2) is 71.4 Å². The average molecular weight is 521 g/mol. The van der Waals surface area contributed by atoms with Gasteiger partial charge in [0.25, 0.3) is 5.91 Å². The van der Waals surface area contributed by atoms with Crippen molar-refractivity contribution in [2.24, 2.45) is 0 Å². The van der Waals surface area contributed by atoms with Crippen LogP contribution >= 0.6 is 0 Å². The number of halogens is 1. The minimum atomic E-state index is -0.914. The van der Waals surface area contributed by atoms with Crippen molar-refractivity contribution in [3.8, 4) is 0 Å². The smallest absolute Gasteiger partial charge is 0.411 e. The van der Waals surface area contributed by atoms with E-state index < -0.39 is 30.0 Å². The van der Waals surface area contributed by atoms with E-state index in [1.807, 2.05) is 0 Å². The van der Waals surface area contributed by atoms with E-state index in [0.29, 0.717) is 29.9 Å². The third-order valence-electron chi connectivity index (χ3n) is 6.95. The summed E-state index contributed by atoms with van der Waals surface area (Å²) >= 11 is 0. The largest absolute Gasteiger partial charge is 0.459 e. The Hall–Kier alpha value is -4.18. The van der Waals surface area contributed by atoms with E-state index in [0.717, 1.165) is 19.6 Å². The lowest BCUT2D eigenvalue weighted by Crippen LogP contribution is -2.54. The Morgan fingerprint density at radius 1 is 1.03 bits per heavy atom. The number of rotatable bonds is 7. The summed E-state index contributed by atoms with van der Waals surface area (Å²) in [6.07, 6.45) is -0.0796. The Morgan fingerprint density at radius 3 is 2.45 bits per heavy atom. The molecule has 0 radical (unpaired) electrons. The second-order valence-electron chi connectivity index (χ2n) is 9.32. The number of carbonyl (C=O) groups is 3. The molecule has 0 aliphatic carbocycles. The molecule has 0 bridgehead atoms. The molecular formula is C28H29FN4O5. The number of piperazine rings is 1. The summed E-state index contributed by atoms with van der Waals surface area (Å²) in [4.78, 5) is 44.6. The van der Waals surface area contributed by atoms with E-state index in [-0.39, 0.29) is 18.2 Å². The van der Waals surface area contributed by atoms with Crippen molar-refractivity contribution >= 4 is 23.6 Å². The van der Waals surface area contributed by atoms with Crippen LogP contribution in [0.2, 0.25) is 0 Å². The van der Waals surface area contributed by atoms with Crippen LogP contribution in [0, 0.1) is 5.82 Å². The van der Waals surface area contributed by atoms with Crippen LogP contribution < -0.4 is 5.32 Å². The summed E-state index contributed by atoms with van der Waals surface area (Å²) in [5.41, 5.74) is 1.70. The maximum absolute atomic E-state index is 13.9. The van der Waals surface area contributed by atoms with Gasteiger partial charge in [-0.15, -0.1) is 0 Å². The third-order valence-corrected chi connectivity index (χ3v) is 6.95. The first-order chi connectivity index (χ1) is 18.4. The molecule has 0 spiro atoms. The van der Waals surface area contributed by atoms with Gasteiger partial charge in [0.2, 0.25) is 5.91 Å². The van der Waals surface area contributed by atoms with Crippen molar-refractivity contribution in [1.29, 1.82) is 0 Å². The molecule has 1 N–H and O–H groups in total. The maximum atomic E-state index is 13.9. The number of ether oxygens (including phenoxy) is 1. The van der Waals surface area contributed by atoms with Gasteiger partial charge in [0.15, 0.2) is 17.9 Å². The first kappa shape index (κ1) is 25.5. The fourth-order valence-corrected chi connectivity index (χ4v) is 4.85. The van der Waals surface area contributed by atoms with Gasteiger partial charge in [-0.2, -0.15) is 0 Å². The van der Waals surface area contributed by atoms with Gasteiger partial charge in [0, 0.05) is 31.9 Å². The highest BCUT2D eigenvalue weighted by atomic mass is 19.1. The molecule has 5 rings (SSSR count). The van der Waals surface area contributed by atoms with Crippen molar-refractivity contribution in [2.75, 3.05) is 38.0 Å². The molecule has 198 valence electrons. The molecule has 2 saturated heterocycles. The van der Waals surface area contributed by atoms with Crippen molar-refractivity contribution in [1.82, 2.24) is 14.7 Å². The first-order valence-corrected chi connectivity index (χ1v) is 12.6. The molecule has 2 fully saturated rings. The zero-order valence-corrected chi connectivity index (χ0v) is 21.0. The molecule has 10 heteroatoms. The monoisotopic (exact) mass is 520 g/mol. The summed E-state index contributed by atoms with van der Waals surface area (Å²) < 4.78 is 24.7. The standard InChI is InChI=1S/C28H29FN4O5/c1-2-31-12-14-32(15-13-31)27(35)24-25(38-28(36)33(24)18-19-5-3-6-21(29)17-19)20-8-10-22(11-9-20)30-26(34)23-7-4-16-37-23/h3-11,16-17,24-25H,2,12-15,18H2,1H3,(H,30,34). The predicted molar refractivity (Wildman–Crippen MR) is 137 cm³/mol. The number of furan rings is 1. The molecule has 38 heavy (non-hydrogen) atoms. The summed E-state index contributed by atoms with van der Waals surface area (Å²) in [5, 5.41) is 2.75. The van der Waals surface area contributed by atoms with E-state index in [1.54, 1.807) is 53.4 Å². The molecule has 2 unspecified atom stereocenters. The van der Waals surface area contributed by atoms with E-state index in [1.165, 1.54) is 23.3 Å². The second-order valence-corrected chi connectivity index (χ2v) is 9.32. The fraction of sp³-hybridized carbons (Fsp3) is 0.321. The number of nitrogens with one attached hydrogen (secondary N) is 1. The van der Waals surface area contributed by atoms with E-state index >= 15 is 0 Å². The Labute approximate surface area is 219 Å². The molecule has 2 aliphatic rings. The van der Waals surface area contributed by atoms with Crippen LogP contribution in [0.25, 0.3) is 0 Å². The van der Waals surface area contributed by atoms with Crippen molar-refractivity contribution < 1.29 is 27.9 Å². The maximum Gasteiger partial charge on any atom is 0.411 e. The third kappa shape index (κ3) is 5.40. The van der Waals surface area contributed by atoms with Crippen molar-refractivity contribution in [3.05, 3.63) is 89.6 Å². The Bertz CT molecular complexity index is 1290. The van der Waals surface area contributed by atoms with Crippen molar-refractivity contribution in [3.63, 3.8) is 0 Å². The quantitative estimate of drug-likeness (QED) is 0.508. The highest BCUT2D eigenvalue weighted by Crippen LogP contribution is 2.35. The highest BCUT2D eigenvalue weighted by molar-refractivity contribution is 6.02. The average Bonchev–Trinajstić information content (AvgIpc) is 3.58. The number of likely N-dealkylation sites (N-methyl/N-ethyl adjacent to an activating group) is 1. The molecule has 3 heterocycles. The lowest BCUT2D eigenvalue weighted by atomic mass is 9.99. The first-order valence-electron chi connectivity index (χ1n) is 12.6. The Morgan fingerprint density at radius 2 is 1.79 bits per heavy atom. The van der Waals surface area contributed by atoms with Gasteiger partial charge in [-0.1, -0.05) is 31.2 Å². The Balaban J connectivity index is 1.39. The predicted octanol–water partition coefficient (Wildman–Crippen LogP) is 3.90. The normalized spacial score (nSPS) is 19.9. The number of nitrogens with zero attached hydrogens (tertiary/aromatic N) is 3. The summed E-state index contributed by atoms with van der Waals surface area (Å²) in [6, 6.07) is 15.0. The van der Waals surface area contributed by atoms with Crippen LogP contribution in [0.3, 0.4) is 0 Å². The number of benzene rings is 2. The van der Waals surface area contributed by atoms with E-state index in [9.17, 15) is 18.8 Å². The van der Waals surface area contributed by atoms with Crippen LogP contribution in [-0.2, 0) is 16.1 Å². The number of carbonyl (C=O) groups excluding carboxylic acids is 3.